The first kappa shape index (κ1) is 14.4. The van der Waals surface area contributed by atoms with Gasteiger partial charge < -0.3 is 10.3 Å². The standard InChI is InChI=1S/C17H20N4O/c1-4-21-10-15(12(3)20-21)17(22)19-11(2)13-5-6-16-14(9-13)7-8-18-16/h5-11,18H,4H2,1-3H3,(H,19,22). The van der Waals surface area contributed by atoms with Gasteiger partial charge in [-0.05, 0) is 49.9 Å². The average Bonchev–Trinajstić information content (AvgIpc) is 3.12. The lowest BCUT2D eigenvalue weighted by Crippen LogP contribution is -2.26. The predicted octanol–water partition coefficient (Wildman–Crippen LogP) is 3.18. The Morgan fingerprint density at radius 1 is 1.41 bits per heavy atom. The molecule has 0 bridgehead atoms. The van der Waals surface area contributed by atoms with Crippen molar-refractivity contribution in [2.45, 2.75) is 33.4 Å². The Kier molecular flexibility index (Phi) is 3.71. The highest BCUT2D eigenvalue weighted by Gasteiger charge is 2.16. The van der Waals surface area contributed by atoms with Crippen LogP contribution in [0.3, 0.4) is 0 Å². The van der Waals surface area contributed by atoms with E-state index in [1.165, 1.54) is 0 Å². The number of hydrogen-bond donors (Lipinski definition) is 2. The van der Waals surface area contributed by atoms with Crippen molar-refractivity contribution in [1.82, 2.24) is 20.1 Å². The maximum absolute atomic E-state index is 12.4. The quantitative estimate of drug-likeness (QED) is 0.776. The molecule has 5 nitrogen and oxygen atoms in total. The monoisotopic (exact) mass is 296 g/mol. The largest absolute Gasteiger partial charge is 0.361 e. The number of amides is 1. The zero-order valence-corrected chi connectivity index (χ0v) is 13.1. The second-order valence-electron chi connectivity index (χ2n) is 5.50. The van der Waals surface area contributed by atoms with Gasteiger partial charge in [0.15, 0.2) is 0 Å². The van der Waals surface area contributed by atoms with E-state index >= 15 is 0 Å². The molecule has 3 aromatic rings. The van der Waals surface area contributed by atoms with E-state index in [9.17, 15) is 4.79 Å². The molecule has 22 heavy (non-hydrogen) atoms. The lowest BCUT2D eigenvalue weighted by Gasteiger charge is -2.14. The molecule has 0 fully saturated rings. The Morgan fingerprint density at radius 2 is 2.23 bits per heavy atom. The van der Waals surface area contributed by atoms with E-state index in [-0.39, 0.29) is 11.9 Å². The van der Waals surface area contributed by atoms with Crippen LogP contribution in [0.1, 0.15) is 41.5 Å². The molecule has 0 spiro atoms. The second kappa shape index (κ2) is 5.67. The summed E-state index contributed by atoms with van der Waals surface area (Å²) in [6, 6.07) is 8.14. The molecule has 1 aromatic carbocycles. The normalized spacial score (nSPS) is 12.5. The van der Waals surface area contributed by atoms with Crippen molar-refractivity contribution in [3.8, 4) is 0 Å². The van der Waals surface area contributed by atoms with Crippen molar-refractivity contribution >= 4 is 16.8 Å². The fourth-order valence-electron chi connectivity index (χ4n) is 2.60. The van der Waals surface area contributed by atoms with Gasteiger partial charge in [-0.15, -0.1) is 0 Å². The lowest BCUT2D eigenvalue weighted by atomic mass is 10.1. The summed E-state index contributed by atoms with van der Waals surface area (Å²) in [5.74, 6) is -0.0844. The Labute approximate surface area is 129 Å². The van der Waals surface area contributed by atoms with Crippen LogP contribution in [0.5, 0.6) is 0 Å². The zero-order valence-electron chi connectivity index (χ0n) is 13.1. The Hall–Kier alpha value is -2.56. The Bertz CT molecular complexity index is 815. The smallest absolute Gasteiger partial charge is 0.255 e. The highest BCUT2D eigenvalue weighted by molar-refractivity contribution is 5.95. The molecular formula is C17H20N4O. The van der Waals surface area contributed by atoms with Crippen molar-refractivity contribution in [3.63, 3.8) is 0 Å². The number of H-pyrrole nitrogens is 1. The van der Waals surface area contributed by atoms with Crippen LogP contribution in [0.15, 0.2) is 36.7 Å². The first-order valence-corrected chi connectivity index (χ1v) is 7.50. The lowest BCUT2D eigenvalue weighted by molar-refractivity contribution is 0.0939. The van der Waals surface area contributed by atoms with Gasteiger partial charge in [-0.1, -0.05) is 6.07 Å². The number of aromatic nitrogens is 3. The zero-order chi connectivity index (χ0) is 15.7. The van der Waals surface area contributed by atoms with E-state index in [2.05, 4.69) is 21.5 Å². The summed E-state index contributed by atoms with van der Waals surface area (Å²) in [6.07, 6.45) is 3.72. The van der Waals surface area contributed by atoms with Crippen molar-refractivity contribution < 1.29 is 4.79 Å². The highest BCUT2D eigenvalue weighted by Crippen LogP contribution is 2.20. The van der Waals surface area contributed by atoms with Gasteiger partial charge in [0, 0.05) is 24.5 Å². The van der Waals surface area contributed by atoms with E-state index in [1.54, 1.807) is 10.9 Å². The number of nitrogens with one attached hydrogen (secondary N) is 2. The minimum absolute atomic E-state index is 0.0591. The van der Waals surface area contributed by atoms with Gasteiger partial charge in [0.2, 0.25) is 0 Å². The maximum atomic E-state index is 12.4. The third-order valence-electron chi connectivity index (χ3n) is 3.94. The van der Waals surface area contributed by atoms with Crippen LogP contribution in [0.25, 0.3) is 10.9 Å². The number of hydrogen-bond acceptors (Lipinski definition) is 2. The van der Waals surface area contributed by atoms with E-state index in [1.807, 2.05) is 45.2 Å². The van der Waals surface area contributed by atoms with Crippen molar-refractivity contribution in [3.05, 3.63) is 53.5 Å². The first-order valence-electron chi connectivity index (χ1n) is 7.50. The molecule has 1 amide bonds. The van der Waals surface area contributed by atoms with Gasteiger partial charge in [0.1, 0.15) is 0 Å². The van der Waals surface area contributed by atoms with Gasteiger partial charge in [-0.2, -0.15) is 5.10 Å². The van der Waals surface area contributed by atoms with Gasteiger partial charge in [-0.3, -0.25) is 9.48 Å². The maximum Gasteiger partial charge on any atom is 0.255 e. The topological polar surface area (TPSA) is 62.7 Å². The molecule has 5 heteroatoms. The summed E-state index contributed by atoms with van der Waals surface area (Å²) in [7, 11) is 0. The van der Waals surface area contributed by atoms with Crippen LogP contribution >= 0.6 is 0 Å². The first-order chi connectivity index (χ1) is 10.6. The summed E-state index contributed by atoms with van der Waals surface area (Å²) in [5, 5.41) is 8.51. The van der Waals surface area contributed by atoms with Crippen molar-refractivity contribution in [1.29, 1.82) is 0 Å². The van der Waals surface area contributed by atoms with Crippen LogP contribution in [0, 0.1) is 6.92 Å². The molecule has 1 atom stereocenters. The number of rotatable bonds is 4. The van der Waals surface area contributed by atoms with E-state index in [0.717, 1.165) is 28.7 Å². The fourth-order valence-corrected chi connectivity index (χ4v) is 2.60. The van der Waals surface area contributed by atoms with E-state index in [0.29, 0.717) is 5.56 Å². The second-order valence-corrected chi connectivity index (χ2v) is 5.50. The average molecular weight is 296 g/mol. The summed E-state index contributed by atoms with van der Waals surface area (Å²) >= 11 is 0. The third kappa shape index (κ3) is 2.62. The van der Waals surface area contributed by atoms with Crippen LogP contribution in [-0.2, 0) is 6.54 Å². The SMILES string of the molecule is CCn1cc(C(=O)NC(C)c2ccc3[nH]ccc3c2)c(C)n1. The molecule has 3 rings (SSSR count). The van der Waals surface area contributed by atoms with E-state index < -0.39 is 0 Å². The minimum atomic E-state index is -0.0844. The number of carbonyl (C=O) groups excluding carboxylic acids is 1. The van der Waals surface area contributed by atoms with Gasteiger partial charge in [0.05, 0.1) is 17.3 Å². The molecule has 0 radical (unpaired) electrons. The molecular weight excluding hydrogens is 276 g/mol. The van der Waals surface area contributed by atoms with Crippen LogP contribution in [0.2, 0.25) is 0 Å². The number of benzene rings is 1. The predicted molar refractivity (Wildman–Crippen MR) is 86.8 cm³/mol. The van der Waals surface area contributed by atoms with Gasteiger partial charge in [-0.25, -0.2) is 0 Å². The molecule has 2 heterocycles. The van der Waals surface area contributed by atoms with Crippen LogP contribution in [-0.4, -0.2) is 20.7 Å². The molecule has 2 N–H and O–H groups in total. The minimum Gasteiger partial charge on any atom is -0.361 e. The highest BCUT2D eigenvalue weighted by atomic mass is 16.1. The molecule has 114 valence electrons. The van der Waals surface area contributed by atoms with Crippen LogP contribution < -0.4 is 5.32 Å². The van der Waals surface area contributed by atoms with Gasteiger partial charge >= 0.3 is 0 Å². The molecule has 0 aliphatic carbocycles. The Morgan fingerprint density at radius 3 is 2.95 bits per heavy atom. The molecule has 1 unspecified atom stereocenters. The molecule has 0 saturated heterocycles. The third-order valence-corrected chi connectivity index (χ3v) is 3.94. The fraction of sp³-hybridized carbons (Fsp3) is 0.294. The number of carbonyl (C=O) groups is 1. The molecule has 0 saturated carbocycles. The number of aryl methyl sites for hydroxylation is 2. The van der Waals surface area contributed by atoms with E-state index in [4.69, 9.17) is 0 Å². The van der Waals surface area contributed by atoms with Crippen LogP contribution in [0.4, 0.5) is 0 Å². The summed E-state index contributed by atoms with van der Waals surface area (Å²) in [6.45, 7) is 6.61. The number of nitrogens with zero attached hydrogens (tertiary/aromatic N) is 2. The van der Waals surface area contributed by atoms with Gasteiger partial charge in [0.25, 0.3) is 5.91 Å². The summed E-state index contributed by atoms with van der Waals surface area (Å²) in [5.41, 5.74) is 3.58. The molecule has 0 aliphatic heterocycles. The number of aromatic amines is 1. The molecule has 0 aliphatic rings. The summed E-state index contributed by atoms with van der Waals surface area (Å²) in [4.78, 5) is 15.6. The number of fused-ring (bicyclic) bond motifs is 1. The summed E-state index contributed by atoms with van der Waals surface area (Å²) < 4.78 is 1.78. The molecule has 2 aromatic heterocycles. The Balaban J connectivity index is 1.78. The van der Waals surface area contributed by atoms with Crippen molar-refractivity contribution in [2.75, 3.05) is 0 Å². The van der Waals surface area contributed by atoms with Crippen molar-refractivity contribution in [2.24, 2.45) is 0 Å².